The van der Waals surface area contributed by atoms with E-state index in [1.807, 2.05) is 31.2 Å². The fraction of sp³-hybridized carbons (Fsp3) is 0.125. The molecule has 0 bridgehead atoms. The number of aromatic nitrogens is 3. The summed E-state index contributed by atoms with van der Waals surface area (Å²) >= 11 is 0. The highest BCUT2D eigenvalue weighted by atomic mass is 19.1. The zero-order valence-corrected chi connectivity index (χ0v) is 17.0. The van der Waals surface area contributed by atoms with Gasteiger partial charge in [-0.25, -0.2) is 9.37 Å². The molecule has 0 radical (unpaired) electrons. The van der Waals surface area contributed by atoms with E-state index in [2.05, 4.69) is 19.9 Å². The SMILES string of the molecule is Cc1nc2ccccc2n1CCNC(=O)/C=C/c1ccc(Oc2cccnc2)c(F)c1. The highest BCUT2D eigenvalue weighted by molar-refractivity contribution is 5.91. The molecular formula is C24H21FN4O2. The van der Waals surface area contributed by atoms with Gasteiger partial charge >= 0.3 is 0 Å². The van der Waals surface area contributed by atoms with E-state index in [9.17, 15) is 9.18 Å². The van der Waals surface area contributed by atoms with E-state index in [0.29, 0.717) is 24.4 Å². The van der Waals surface area contributed by atoms with Gasteiger partial charge in [-0.2, -0.15) is 0 Å². The van der Waals surface area contributed by atoms with Crippen LogP contribution in [0.5, 0.6) is 11.5 Å². The lowest BCUT2D eigenvalue weighted by molar-refractivity contribution is -0.116. The summed E-state index contributed by atoms with van der Waals surface area (Å²) < 4.78 is 21.8. The quantitative estimate of drug-likeness (QED) is 0.451. The van der Waals surface area contributed by atoms with E-state index in [4.69, 9.17) is 4.74 Å². The lowest BCUT2D eigenvalue weighted by Gasteiger charge is -2.08. The first-order chi connectivity index (χ1) is 15.1. The first kappa shape index (κ1) is 20.3. The number of benzene rings is 2. The van der Waals surface area contributed by atoms with Crippen LogP contribution < -0.4 is 10.1 Å². The molecule has 0 aliphatic rings. The molecule has 7 heteroatoms. The number of carbonyl (C=O) groups is 1. The van der Waals surface area contributed by atoms with Crippen molar-refractivity contribution in [1.29, 1.82) is 0 Å². The third-order valence-corrected chi connectivity index (χ3v) is 4.73. The number of nitrogens with one attached hydrogen (secondary N) is 1. The molecule has 4 rings (SSSR count). The fourth-order valence-electron chi connectivity index (χ4n) is 3.24. The van der Waals surface area contributed by atoms with Crippen LogP contribution in [0.2, 0.25) is 0 Å². The van der Waals surface area contributed by atoms with Gasteiger partial charge in [-0.1, -0.05) is 18.2 Å². The van der Waals surface area contributed by atoms with Crippen molar-refractivity contribution in [2.24, 2.45) is 0 Å². The van der Waals surface area contributed by atoms with Gasteiger partial charge in [-0.3, -0.25) is 9.78 Å². The molecule has 156 valence electrons. The second kappa shape index (κ2) is 9.21. The molecule has 0 unspecified atom stereocenters. The molecular weight excluding hydrogens is 395 g/mol. The zero-order chi connectivity index (χ0) is 21.6. The third-order valence-electron chi connectivity index (χ3n) is 4.73. The van der Waals surface area contributed by atoms with Crippen LogP contribution in [-0.2, 0) is 11.3 Å². The van der Waals surface area contributed by atoms with Crippen LogP contribution in [0.1, 0.15) is 11.4 Å². The predicted octanol–water partition coefficient (Wildman–Crippen LogP) is 4.50. The van der Waals surface area contributed by atoms with E-state index in [0.717, 1.165) is 16.9 Å². The molecule has 31 heavy (non-hydrogen) atoms. The van der Waals surface area contributed by atoms with Crippen LogP contribution in [-0.4, -0.2) is 27.0 Å². The van der Waals surface area contributed by atoms with E-state index < -0.39 is 5.82 Å². The summed E-state index contributed by atoms with van der Waals surface area (Å²) in [6, 6.07) is 15.8. The van der Waals surface area contributed by atoms with Crippen LogP contribution in [0.3, 0.4) is 0 Å². The Morgan fingerprint density at radius 2 is 2.06 bits per heavy atom. The Morgan fingerprint density at radius 1 is 1.19 bits per heavy atom. The second-order valence-electron chi connectivity index (χ2n) is 6.90. The number of hydrogen-bond donors (Lipinski definition) is 1. The lowest BCUT2D eigenvalue weighted by atomic mass is 10.2. The highest BCUT2D eigenvalue weighted by Gasteiger charge is 2.07. The zero-order valence-electron chi connectivity index (χ0n) is 17.0. The number of imidazole rings is 1. The Hall–Kier alpha value is -4.00. The molecule has 1 amide bonds. The van der Waals surface area contributed by atoms with Gasteiger partial charge in [0.25, 0.3) is 0 Å². The summed E-state index contributed by atoms with van der Waals surface area (Å²) in [5.41, 5.74) is 2.53. The third kappa shape index (κ3) is 4.95. The number of ether oxygens (including phenoxy) is 1. The van der Waals surface area contributed by atoms with Crippen molar-refractivity contribution < 1.29 is 13.9 Å². The molecule has 0 aliphatic heterocycles. The van der Waals surface area contributed by atoms with Crippen molar-refractivity contribution >= 4 is 23.0 Å². The van der Waals surface area contributed by atoms with Crippen molar-refractivity contribution in [2.45, 2.75) is 13.5 Å². The summed E-state index contributed by atoms with van der Waals surface area (Å²) in [6.45, 7) is 3.01. The van der Waals surface area contributed by atoms with Gasteiger partial charge in [0.1, 0.15) is 11.6 Å². The number of hydrogen-bond acceptors (Lipinski definition) is 4. The maximum Gasteiger partial charge on any atom is 0.244 e. The molecule has 0 fully saturated rings. The van der Waals surface area contributed by atoms with Gasteiger partial charge in [-0.15, -0.1) is 0 Å². The molecule has 1 N–H and O–H groups in total. The van der Waals surface area contributed by atoms with Crippen molar-refractivity contribution in [3.63, 3.8) is 0 Å². The van der Waals surface area contributed by atoms with Crippen LogP contribution in [0, 0.1) is 12.7 Å². The molecule has 0 spiro atoms. The summed E-state index contributed by atoms with van der Waals surface area (Å²) in [5, 5.41) is 2.84. The molecule has 6 nitrogen and oxygen atoms in total. The number of rotatable bonds is 7. The van der Waals surface area contributed by atoms with Gasteiger partial charge in [-0.05, 0) is 55.0 Å². The van der Waals surface area contributed by atoms with Crippen LogP contribution >= 0.6 is 0 Å². The first-order valence-corrected chi connectivity index (χ1v) is 9.85. The molecule has 2 heterocycles. The Bertz CT molecular complexity index is 1240. The van der Waals surface area contributed by atoms with Crippen molar-refractivity contribution in [2.75, 3.05) is 6.54 Å². The average Bonchev–Trinajstić information content (AvgIpc) is 3.10. The smallest absolute Gasteiger partial charge is 0.244 e. The molecule has 2 aromatic heterocycles. The summed E-state index contributed by atoms with van der Waals surface area (Å²) in [4.78, 5) is 20.6. The van der Waals surface area contributed by atoms with Gasteiger partial charge in [0, 0.05) is 25.4 Å². The van der Waals surface area contributed by atoms with E-state index >= 15 is 0 Å². The number of nitrogens with zero attached hydrogens (tertiary/aromatic N) is 3. The Balaban J connectivity index is 1.32. The molecule has 0 aliphatic carbocycles. The monoisotopic (exact) mass is 416 g/mol. The highest BCUT2D eigenvalue weighted by Crippen LogP contribution is 2.24. The summed E-state index contributed by atoms with van der Waals surface area (Å²) in [6.07, 6.45) is 6.06. The lowest BCUT2D eigenvalue weighted by Crippen LogP contribution is -2.25. The van der Waals surface area contributed by atoms with Gasteiger partial charge in [0.2, 0.25) is 5.91 Å². The predicted molar refractivity (Wildman–Crippen MR) is 117 cm³/mol. The van der Waals surface area contributed by atoms with Gasteiger partial charge in [0.05, 0.1) is 17.2 Å². The standard InChI is InChI=1S/C24H21FN4O2/c1-17-28-21-6-2-3-7-22(21)29(17)14-13-27-24(30)11-9-18-8-10-23(20(25)15-18)31-19-5-4-12-26-16-19/h2-12,15-16H,13-14H2,1H3,(H,27,30)/b11-9+. The first-order valence-electron chi connectivity index (χ1n) is 9.85. The topological polar surface area (TPSA) is 69.0 Å². The Morgan fingerprint density at radius 3 is 2.87 bits per heavy atom. The maximum absolute atomic E-state index is 14.3. The summed E-state index contributed by atoms with van der Waals surface area (Å²) in [5.74, 6) is 0.671. The van der Waals surface area contributed by atoms with E-state index in [1.165, 1.54) is 24.4 Å². The minimum absolute atomic E-state index is 0.0949. The van der Waals surface area contributed by atoms with E-state index in [1.54, 1.807) is 30.5 Å². The number of carbonyl (C=O) groups excluding carboxylic acids is 1. The molecule has 0 atom stereocenters. The number of para-hydroxylation sites is 2. The normalized spacial score (nSPS) is 11.2. The minimum Gasteiger partial charge on any atom is -0.453 e. The number of amides is 1. The number of fused-ring (bicyclic) bond motifs is 1. The summed E-state index contributed by atoms with van der Waals surface area (Å²) in [7, 11) is 0. The van der Waals surface area contributed by atoms with Crippen LogP contribution in [0.25, 0.3) is 17.1 Å². The fourth-order valence-corrected chi connectivity index (χ4v) is 3.24. The van der Waals surface area contributed by atoms with Crippen LogP contribution in [0.4, 0.5) is 4.39 Å². The van der Waals surface area contributed by atoms with Crippen LogP contribution in [0.15, 0.2) is 73.1 Å². The minimum atomic E-state index is -0.520. The average molecular weight is 416 g/mol. The maximum atomic E-state index is 14.3. The largest absolute Gasteiger partial charge is 0.453 e. The molecule has 0 saturated heterocycles. The molecule has 2 aromatic carbocycles. The Labute approximate surface area is 179 Å². The number of halogens is 1. The van der Waals surface area contributed by atoms with E-state index in [-0.39, 0.29) is 11.7 Å². The number of aryl methyl sites for hydroxylation is 1. The van der Waals surface area contributed by atoms with Gasteiger partial charge < -0.3 is 14.6 Å². The molecule has 0 saturated carbocycles. The van der Waals surface area contributed by atoms with Crippen molar-refractivity contribution in [1.82, 2.24) is 19.9 Å². The van der Waals surface area contributed by atoms with Crippen molar-refractivity contribution in [3.8, 4) is 11.5 Å². The number of pyridine rings is 1. The van der Waals surface area contributed by atoms with Gasteiger partial charge in [0.15, 0.2) is 11.6 Å². The second-order valence-corrected chi connectivity index (χ2v) is 6.90. The Kier molecular flexibility index (Phi) is 6.03. The van der Waals surface area contributed by atoms with Crippen molar-refractivity contribution in [3.05, 3.63) is 90.3 Å². The molecule has 4 aromatic rings.